The lowest BCUT2D eigenvalue weighted by molar-refractivity contribution is -0.138. The van der Waals surface area contributed by atoms with Gasteiger partial charge in [-0.25, -0.2) is 9.80 Å². The minimum Gasteiger partial charge on any atom is -0.465 e. The van der Waals surface area contributed by atoms with Gasteiger partial charge in [-0.15, -0.1) is 0 Å². The van der Waals surface area contributed by atoms with Crippen molar-refractivity contribution in [2.75, 3.05) is 26.7 Å². The molecule has 1 aliphatic heterocycles. The Hall–Kier alpha value is -2.70. The highest BCUT2D eigenvalue weighted by molar-refractivity contribution is 5.89. The first-order valence-corrected chi connectivity index (χ1v) is 10.4. The van der Waals surface area contributed by atoms with Crippen LogP contribution in [0.2, 0.25) is 0 Å². The van der Waals surface area contributed by atoms with Crippen molar-refractivity contribution < 1.29 is 19.4 Å². The Labute approximate surface area is 178 Å². The van der Waals surface area contributed by atoms with Crippen LogP contribution in [0.15, 0.2) is 48.5 Å². The second kappa shape index (κ2) is 10.4. The van der Waals surface area contributed by atoms with E-state index in [1.54, 1.807) is 17.1 Å². The fraction of sp³-hybridized carbons (Fsp3) is 0.417. The predicted octanol–water partition coefficient (Wildman–Crippen LogP) is 2.77. The largest absolute Gasteiger partial charge is 0.465 e. The first-order valence-electron chi connectivity index (χ1n) is 10.4. The molecule has 0 radical (unpaired) electrons. The average molecular weight is 411 g/mol. The predicted molar refractivity (Wildman–Crippen MR) is 115 cm³/mol. The number of carbonyl (C=O) groups is 2. The van der Waals surface area contributed by atoms with Gasteiger partial charge in [-0.1, -0.05) is 42.0 Å². The van der Waals surface area contributed by atoms with Gasteiger partial charge >= 0.3 is 5.97 Å². The van der Waals surface area contributed by atoms with E-state index in [4.69, 9.17) is 4.74 Å². The summed E-state index contributed by atoms with van der Waals surface area (Å²) in [4.78, 5) is 23.9. The zero-order valence-corrected chi connectivity index (χ0v) is 17.7. The molecular weight excluding hydrogens is 380 g/mol. The number of aliphatic hydroxyl groups is 1. The Kier molecular flexibility index (Phi) is 7.60. The van der Waals surface area contributed by atoms with E-state index in [9.17, 15) is 14.7 Å². The van der Waals surface area contributed by atoms with E-state index in [0.29, 0.717) is 50.9 Å². The topological polar surface area (TPSA) is 70.1 Å². The number of hydrazine groups is 1. The lowest BCUT2D eigenvalue weighted by Crippen LogP contribution is -2.41. The van der Waals surface area contributed by atoms with Crippen LogP contribution in [0.3, 0.4) is 0 Å². The van der Waals surface area contributed by atoms with Crippen LogP contribution >= 0.6 is 0 Å². The number of aliphatic hydroxyl groups excluding tert-OH is 1. The lowest BCUT2D eigenvalue weighted by atomic mass is 10.0. The molecule has 1 aliphatic rings. The van der Waals surface area contributed by atoms with Crippen molar-refractivity contribution in [1.29, 1.82) is 0 Å². The summed E-state index contributed by atoms with van der Waals surface area (Å²) < 4.78 is 4.72. The van der Waals surface area contributed by atoms with Gasteiger partial charge in [0.05, 0.1) is 18.8 Å². The Morgan fingerprint density at radius 3 is 2.60 bits per heavy atom. The molecule has 2 aromatic carbocycles. The lowest BCUT2D eigenvalue weighted by Gasteiger charge is -2.28. The molecule has 0 aliphatic carbocycles. The molecule has 1 amide bonds. The maximum Gasteiger partial charge on any atom is 0.337 e. The first-order chi connectivity index (χ1) is 14.5. The number of amides is 1. The van der Waals surface area contributed by atoms with Crippen molar-refractivity contribution in [3.8, 4) is 0 Å². The van der Waals surface area contributed by atoms with Crippen molar-refractivity contribution in [3.05, 3.63) is 70.8 Å². The molecule has 1 heterocycles. The summed E-state index contributed by atoms with van der Waals surface area (Å²) >= 11 is 0. The summed E-state index contributed by atoms with van der Waals surface area (Å²) in [5.41, 5.74) is 3.90. The number of rotatable bonds is 9. The van der Waals surface area contributed by atoms with E-state index in [-0.39, 0.29) is 11.9 Å². The Morgan fingerprint density at radius 2 is 1.90 bits per heavy atom. The van der Waals surface area contributed by atoms with E-state index >= 15 is 0 Å². The smallest absolute Gasteiger partial charge is 0.337 e. The van der Waals surface area contributed by atoms with E-state index in [2.05, 4.69) is 6.07 Å². The standard InChI is InChI=1S/C24H30N2O4/c1-18-4-3-5-20(16-18)17-22(27)11-13-25-14-12-23(28)26(25)15-10-19-6-8-21(9-7-19)24(29)30-2/h3-9,16,22,27H,10-15,17H2,1-2H3. The summed E-state index contributed by atoms with van der Waals surface area (Å²) in [7, 11) is 1.36. The molecular formula is C24H30N2O4. The molecule has 1 saturated heterocycles. The van der Waals surface area contributed by atoms with Gasteiger partial charge in [-0.2, -0.15) is 0 Å². The van der Waals surface area contributed by atoms with Gasteiger partial charge in [-0.05, 0) is 49.4 Å². The third-order valence-electron chi connectivity index (χ3n) is 5.47. The third kappa shape index (κ3) is 5.90. The number of nitrogens with zero attached hydrogens (tertiary/aromatic N) is 2. The molecule has 30 heavy (non-hydrogen) atoms. The Morgan fingerprint density at radius 1 is 1.13 bits per heavy atom. The van der Waals surface area contributed by atoms with Crippen LogP contribution in [0.25, 0.3) is 0 Å². The summed E-state index contributed by atoms with van der Waals surface area (Å²) in [6, 6.07) is 15.5. The molecule has 3 rings (SSSR count). The number of carbonyl (C=O) groups excluding carboxylic acids is 2. The molecule has 160 valence electrons. The highest BCUT2D eigenvalue weighted by Crippen LogP contribution is 2.16. The summed E-state index contributed by atoms with van der Waals surface area (Å²) in [6.07, 6.45) is 2.02. The summed E-state index contributed by atoms with van der Waals surface area (Å²) in [6.45, 7) is 3.98. The number of benzene rings is 2. The normalized spacial score (nSPS) is 15.4. The quantitative estimate of drug-likeness (QED) is 0.644. The van der Waals surface area contributed by atoms with E-state index in [0.717, 1.165) is 11.1 Å². The zero-order valence-electron chi connectivity index (χ0n) is 17.7. The van der Waals surface area contributed by atoms with Crippen molar-refractivity contribution in [1.82, 2.24) is 10.0 Å². The van der Waals surface area contributed by atoms with E-state index in [1.807, 2.05) is 42.3 Å². The maximum atomic E-state index is 12.3. The van der Waals surface area contributed by atoms with Crippen LogP contribution in [0, 0.1) is 6.92 Å². The fourth-order valence-electron chi connectivity index (χ4n) is 3.80. The summed E-state index contributed by atoms with van der Waals surface area (Å²) in [5, 5.41) is 14.3. The van der Waals surface area contributed by atoms with Crippen LogP contribution in [-0.4, -0.2) is 59.8 Å². The molecule has 2 aromatic rings. The Balaban J connectivity index is 1.49. The van der Waals surface area contributed by atoms with Gasteiger partial charge in [-0.3, -0.25) is 9.80 Å². The van der Waals surface area contributed by atoms with E-state index in [1.165, 1.54) is 12.7 Å². The second-order valence-corrected chi connectivity index (χ2v) is 7.79. The van der Waals surface area contributed by atoms with Crippen molar-refractivity contribution >= 4 is 11.9 Å². The third-order valence-corrected chi connectivity index (χ3v) is 5.47. The summed E-state index contributed by atoms with van der Waals surface area (Å²) in [5.74, 6) is -0.235. The molecule has 0 spiro atoms. The van der Waals surface area contributed by atoms with Crippen LogP contribution in [0.4, 0.5) is 0 Å². The zero-order chi connectivity index (χ0) is 21.5. The highest BCUT2D eigenvalue weighted by Gasteiger charge is 2.28. The number of ether oxygens (including phenoxy) is 1. The molecule has 0 bridgehead atoms. The second-order valence-electron chi connectivity index (χ2n) is 7.79. The van der Waals surface area contributed by atoms with Gasteiger partial charge in [0.2, 0.25) is 5.91 Å². The van der Waals surface area contributed by atoms with Gasteiger partial charge in [0.1, 0.15) is 0 Å². The van der Waals surface area contributed by atoms with Gasteiger partial charge < -0.3 is 9.84 Å². The van der Waals surface area contributed by atoms with Crippen LogP contribution in [0.5, 0.6) is 0 Å². The SMILES string of the molecule is COC(=O)c1ccc(CCN2C(=O)CCN2CCC(O)Cc2cccc(C)c2)cc1. The number of methoxy groups -OCH3 is 1. The monoisotopic (exact) mass is 410 g/mol. The Bertz CT molecular complexity index is 866. The number of hydrogen-bond acceptors (Lipinski definition) is 5. The van der Waals surface area contributed by atoms with Crippen molar-refractivity contribution in [2.24, 2.45) is 0 Å². The molecule has 1 unspecified atom stereocenters. The van der Waals surface area contributed by atoms with Gasteiger partial charge in [0, 0.05) is 26.1 Å². The maximum absolute atomic E-state index is 12.3. The molecule has 1 N–H and O–H groups in total. The van der Waals surface area contributed by atoms with Gasteiger partial charge in [0.25, 0.3) is 0 Å². The molecule has 0 aromatic heterocycles. The number of hydrogen-bond donors (Lipinski definition) is 1. The van der Waals surface area contributed by atoms with E-state index < -0.39 is 6.10 Å². The minimum absolute atomic E-state index is 0.120. The van der Waals surface area contributed by atoms with Crippen molar-refractivity contribution in [3.63, 3.8) is 0 Å². The fourth-order valence-corrected chi connectivity index (χ4v) is 3.80. The molecule has 0 saturated carbocycles. The highest BCUT2D eigenvalue weighted by atomic mass is 16.5. The van der Waals surface area contributed by atoms with Crippen LogP contribution in [-0.2, 0) is 22.4 Å². The average Bonchev–Trinajstić information content (AvgIpc) is 3.10. The van der Waals surface area contributed by atoms with Crippen molar-refractivity contribution in [2.45, 2.75) is 38.7 Å². The molecule has 1 atom stereocenters. The number of aryl methyl sites for hydroxylation is 1. The molecule has 1 fully saturated rings. The minimum atomic E-state index is -0.435. The first kappa shape index (κ1) is 22.0. The number of esters is 1. The molecule has 6 nitrogen and oxygen atoms in total. The van der Waals surface area contributed by atoms with Crippen LogP contribution < -0.4 is 0 Å². The van der Waals surface area contributed by atoms with Gasteiger partial charge in [0.15, 0.2) is 0 Å². The van der Waals surface area contributed by atoms with Crippen LogP contribution in [0.1, 0.15) is 39.9 Å². The molecule has 6 heteroatoms.